The molecular formula is C16H19FN2OS. The molecule has 2 N–H and O–H groups in total. The van der Waals surface area contributed by atoms with Gasteiger partial charge in [-0.05, 0) is 30.0 Å². The van der Waals surface area contributed by atoms with Crippen LogP contribution < -0.4 is 5.32 Å². The molecule has 1 saturated heterocycles. The SMILES string of the molecule is Cc1cc(F)c(O)c([C@H](c2cccs2)N2CCNCC2)c1. The van der Waals surface area contributed by atoms with E-state index in [1.807, 2.05) is 24.4 Å². The van der Waals surface area contributed by atoms with E-state index >= 15 is 0 Å². The van der Waals surface area contributed by atoms with Gasteiger partial charge in [-0.1, -0.05) is 12.1 Å². The van der Waals surface area contributed by atoms with Crippen LogP contribution in [0.4, 0.5) is 4.39 Å². The summed E-state index contributed by atoms with van der Waals surface area (Å²) in [6.07, 6.45) is 0. The minimum atomic E-state index is -0.540. The van der Waals surface area contributed by atoms with Crippen molar-refractivity contribution in [3.05, 3.63) is 51.5 Å². The number of piperazine rings is 1. The summed E-state index contributed by atoms with van der Waals surface area (Å²) in [5.74, 6) is -0.765. The Kier molecular flexibility index (Phi) is 4.24. The number of benzene rings is 1. The third-order valence-electron chi connectivity index (χ3n) is 3.86. The van der Waals surface area contributed by atoms with Gasteiger partial charge in [0.05, 0.1) is 6.04 Å². The van der Waals surface area contributed by atoms with Crippen molar-refractivity contribution in [1.29, 1.82) is 0 Å². The first-order valence-corrected chi connectivity index (χ1v) is 8.02. The van der Waals surface area contributed by atoms with Gasteiger partial charge in [-0.25, -0.2) is 4.39 Å². The quantitative estimate of drug-likeness (QED) is 0.915. The molecule has 0 spiro atoms. The van der Waals surface area contributed by atoms with Crippen LogP contribution in [-0.2, 0) is 0 Å². The Morgan fingerprint density at radius 2 is 2.10 bits per heavy atom. The Balaban J connectivity index is 2.07. The van der Waals surface area contributed by atoms with Crippen LogP contribution in [0.5, 0.6) is 5.75 Å². The van der Waals surface area contributed by atoms with Gasteiger partial charge in [0.15, 0.2) is 11.6 Å². The van der Waals surface area contributed by atoms with E-state index in [0.29, 0.717) is 5.56 Å². The molecule has 0 unspecified atom stereocenters. The molecule has 3 rings (SSSR count). The molecule has 0 saturated carbocycles. The van der Waals surface area contributed by atoms with Crippen molar-refractivity contribution in [1.82, 2.24) is 10.2 Å². The molecule has 1 atom stereocenters. The Morgan fingerprint density at radius 1 is 1.33 bits per heavy atom. The van der Waals surface area contributed by atoms with Gasteiger partial charge in [0.25, 0.3) is 0 Å². The largest absolute Gasteiger partial charge is 0.505 e. The molecule has 3 nitrogen and oxygen atoms in total. The van der Waals surface area contributed by atoms with E-state index in [0.717, 1.165) is 36.6 Å². The zero-order chi connectivity index (χ0) is 14.8. The number of phenols is 1. The topological polar surface area (TPSA) is 35.5 Å². The van der Waals surface area contributed by atoms with Crippen LogP contribution in [0.25, 0.3) is 0 Å². The van der Waals surface area contributed by atoms with Crippen molar-refractivity contribution in [2.45, 2.75) is 13.0 Å². The number of nitrogens with zero attached hydrogens (tertiary/aromatic N) is 1. The number of hydrogen-bond donors (Lipinski definition) is 2. The average molecular weight is 306 g/mol. The molecule has 1 aromatic heterocycles. The molecule has 0 radical (unpaired) electrons. The van der Waals surface area contributed by atoms with Crippen LogP contribution in [-0.4, -0.2) is 36.2 Å². The fourth-order valence-electron chi connectivity index (χ4n) is 2.89. The van der Waals surface area contributed by atoms with Gasteiger partial charge in [-0.15, -0.1) is 11.3 Å². The summed E-state index contributed by atoms with van der Waals surface area (Å²) in [7, 11) is 0. The first-order valence-electron chi connectivity index (χ1n) is 7.14. The summed E-state index contributed by atoms with van der Waals surface area (Å²) in [5, 5.41) is 15.6. The average Bonchev–Trinajstić information content (AvgIpc) is 2.99. The standard InChI is InChI=1S/C16H19FN2OS/c1-11-9-12(16(20)13(17)10-11)15(14-3-2-8-21-14)19-6-4-18-5-7-19/h2-3,8-10,15,18,20H,4-7H2,1H3/t15-/m1/s1. The minimum absolute atomic E-state index is 0.0819. The molecule has 0 amide bonds. The third kappa shape index (κ3) is 2.95. The molecule has 2 aromatic rings. The lowest BCUT2D eigenvalue weighted by molar-refractivity contribution is 0.197. The monoisotopic (exact) mass is 306 g/mol. The summed E-state index contributed by atoms with van der Waals surface area (Å²) in [4.78, 5) is 3.44. The number of halogens is 1. The first kappa shape index (κ1) is 14.5. The van der Waals surface area contributed by atoms with Gasteiger partial charge >= 0.3 is 0 Å². The molecule has 0 aliphatic carbocycles. The van der Waals surface area contributed by atoms with Crippen molar-refractivity contribution in [3.8, 4) is 5.75 Å². The summed E-state index contributed by atoms with van der Waals surface area (Å²) in [6.45, 7) is 5.46. The van der Waals surface area contributed by atoms with E-state index in [9.17, 15) is 9.50 Å². The summed E-state index contributed by atoms with van der Waals surface area (Å²) < 4.78 is 13.9. The number of hydrogen-bond acceptors (Lipinski definition) is 4. The lowest BCUT2D eigenvalue weighted by Gasteiger charge is -2.35. The highest BCUT2D eigenvalue weighted by Gasteiger charge is 2.28. The van der Waals surface area contributed by atoms with E-state index in [1.54, 1.807) is 11.3 Å². The van der Waals surface area contributed by atoms with Crippen molar-refractivity contribution in [3.63, 3.8) is 0 Å². The Morgan fingerprint density at radius 3 is 2.76 bits per heavy atom. The van der Waals surface area contributed by atoms with E-state index in [4.69, 9.17) is 0 Å². The maximum absolute atomic E-state index is 13.9. The Labute approximate surface area is 128 Å². The van der Waals surface area contributed by atoms with Gasteiger partial charge in [-0.2, -0.15) is 0 Å². The van der Waals surface area contributed by atoms with Crippen molar-refractivity contribution in [2.24, 2.45) is 0 Å². The number of aryl methyl sites for hydroxylation is 1. The Hall–Kier alpha value is -1.43. The lowest BCUT2D eigenvalue weighted by atomic mass is 9.99. The maximum Gasteiger partial charge on any atom is 0.165 e. The van der Waals surface area contributed by atoms with Crippen LogP contribution in [0.15, 0.2) is 29.6 Å². The van der Waals surface area contributed by atoms with Gasteiger partial charge in [-0.3, -0.25) is 4.90 Å². The maximum atomic E-state index is 13.9. The Bertz CT molecular complexity index is 609. The summed E-state index contributed by atoms with van der Waals surface area (Å²) >= 11 is 1.64. The molecule has 1 aliphatic rings. The van der Waals surface area contributed by atoms with Crippen LogP contribution in [0, 0.1) is 12.7 Å². The molecule has 1 aromatic carbocycles. The van der Waals surface area contributed by atoms with E-state index in [-0.39, 0.29) is 11.8 Å². The van der Waals surface area contributed by atoms with Gasteiger partial charge in [0.2, 0.25) is 0 Å². The lowest BCUT2D eigenvalue weighted by Crippen LogP contribution is -2.45. The predicted molar refractivity (Wildman–Crippen MR) is 83.4 cm³/mol. The molecule has 2 heterocycles. The molecular weight excluding hydrogens is 287 g/mol. The molecule has 5 heteroatoms. The summed E-state index contributed by atoms with van der Waals surface area (Å²) in [6, 6.07) is 7.24. The second kappa shape index (κ2) is 6.13. The van der Waals surface area contributed by atoms with Crippen molar-refractivity contribution < 1.29 is 9.50 Å². The molecule has 21 heavy (non-hydrogen) atoms. The molecule has 0 bridgehead atoms. The number of phenolic OH excluding ortho intramolecular Hbond substituents is 1. The van der Waals surface area contributed by atoms with Crippen molar-refractivity contribution >= 4 is 11.3 Å². The summed E-state index contributed by atoms with van der Waals surface area (Å²) in [5.41, 5.74) is 1.49. The van der Waals surface area contributed by atoms with Gasteiger partial charge in [0, 0.05) is 36.6 Å². The smallest absolute Gasteiger partial charge is 0.165 e. The van der Waals surface area contributed by atoms with Crippen LogP contribution in [0.3, 0.4) is 0 Å². The number of aromatic hydroxyl groups is 1. The van der Waals surface area contributed by atoms with Crippen molar-refractivity contribution in [2.75, 3.05) is 26.2 Å². The van der Waals surface area contributed by atoms with Crippen LogP contribution in [0.1, 0.15) is 22.0 Å². The number of thiophene rings is 1. The number of nitrogens with one attached hydrogen (secondary N) is 1. The highest BCUT2D eigenvalue weighted by atomic mass is 32.1. The van der Waals surface area contributed by atoms with Crippen LogP contribution >= 0.6 is 11.3 Å². The fraction of sp³-hybridized carbons (Fsp3) is 0.375. The molecule has 1 aliphatic heterocycles. The normalized spacial score (nSPS) is 17.8. The highest BCUT2D eigenvalue weighted by Crippen LogP contribution is 2.38. The third-order valence-corrected chi connectivity index (χ3v) is 4.79. The number of rotatable bonds is 3. The van der Waals surface area contributed by atoms with E-state index in [1.165, 1.54) is 6.07 Å². The van der Waals surface area contributed by atoms with E-state index in [2.05, 4.69) is 16.3 Å². The van der Waals surface area contributed by atoms with Gasteiger partial charge in [0.1, 0.15) is 0 Å². The molecule has 112 valence electrons. The minimum Gasteiger partial charge on any atom is -0.505 e. The fourth-order valence-corrected chi connectivity index (χ4v) is 3.76. The first-order chi connectivity index (χ1) is 10.2. The van der Waals surface area contributed by atoms with Crippen LogP contribution in [0.2, 0.25) is 0 Å². The second-order valence-electron chi connectivity index (χ2n) is 5.39. The zero-order valence-corrected chi connectivity index (χ0v) is 12.8. The van der Waals surface area contributed by atoms with E-state index < -0.39 is 5.82 Å². The molecule has 1 fully saturated rings. The predicted octanol–water partition coefficient (Wildman–Crippen LogP) is 2.90. The highest BCUT2D eigenvalue weighted by molar-refractivity contribution is 7.10. The van der Waals surface area contributed by atoms with Gasteiger partial charge < -0.3 is 10.4 Å². The zero-order valence-electron chi connectivity index (χ0n) is 12.0. The second-order valence-corrected chi connectivity index (χ2v) is 6.37.